The Morgan fingerprint density at radius 2 is 2.50 bits per heavy atom. The molecule has 58 valence electrons. The zero-order valence-corrected chi connectivity index (χ0v) is 6.04. The molecule has 0 heterocycles. The third-order valence-electron chi connectivity index (χ3n) is 1.23. The number of methoxy groups -OCH3 is 1. The predicted molar refractivity (Wildman–Crippen MR) is 37.8 cm³/mol. The van der Waals surface area contributed by atoms with E-state index in [0.29, 0.717) is 13.0 Å². The first kappa shape index (κ1) is 9.17. The van der Waals surface area contributed by atoms with E-state index in [0.717, 1.165) is 0 Å². The van der Waals surface area contributed by atoms with Crippen LogP contribution in [0.15, 0.2) is 12.7 Å². The first-order valence-electron chi connectivity index (χ1n) is 3.06. The van der Waals surface area contributed by atoms with Gasteiger partial charge in [-0.2, -0.15) is 0 Å². The van der Waals surface area contributed by atoms with Crippen molar-refractivity contribution >= 4 is 5.97 Å². The maximum atomic E-state index is 10.3. The van der Waals surface area contributed by atoms with Crippen molar-refractivity contribution in [1.82, 2.24) is 0 Å². The number of aliphatic carboxylic acids is 1. The Labute approximate surface area is 60.3 Å². The molecule has 0 bridgehead atoms. The van der Waals surface area contributed by atoms with Crippen LogP contribution in [0.5, 0.6) is 0 Å². The summed E-state index contributed by atoms with van der Waals surface area (Å²) in [5.41, 5.74) is 0. The van der Waals surface area contributed by atoms with Gasteiger partial charge >= 0.3 is 5.97 Å². The molecular weight excluding hydrogens is 132 g/mol. The fourth-order valence-corrected chi connectivity index (χ4v) is 0.587. The summed E-state index contributed by atoms with van der Waals surface area (Å²) in [7, 11) is 1.54. The standard InChI is InChI=1S/C7H12O3/c1-3-6(7(8)9)4-5-10-2/h3,6H,1,4-5H2,2H3,(H,8,9). The summed E-state index contributed by atoms with van der Waals surface area (Å²) in [4.78, 5) is 10.3. The zero-order valence-electron chi connectivity index (χ0n) is 6.04. The van der Waals surface area contributed by atoms with Crippen LogP contribution < -0.4 is 0 Å². The Bertz CT molecular complexity index is 120. The number of rotatable bonds is 5. The Hall–Kier alpha value is -0.830. The van der Waals surface area contributed by atoms with Crippen molar-refractivity contribution in [3.05, 3.63) is 12.7 Å². The third-order valence-corrected chi connectivity index (χ3v) is 1.23. The van der Waals surface area contributed by atoms with Gasteiger partial charge in [-0.15, -0.1) is 6.58 Å². The van der Waals surface area contributed by atoms with E-state index < -0.39 is 11.9 Å². The van der Waals surface area contributed by atoms with Crippen molar-refractivity contribution in [2.45, 2.75) is 6.42 Å². The summed E-state index contributed by atoms with van der Waals surface area (Å²) < 4.78 is 4.71. The van der Waals surface area contributed by atoms with E-state index in [4.69, 9.17) is 9.84 Å². The number of carboxylic acid groups (broad SMARTS) is 1. The normalized spacial score (nSPS) is 12.5. The lowest BCUT2D eigenvalue weighted by Crippen LogP contribution is -2.12. The predicted octanol–water partition coefficient (Wildman–Crippen LogP) is 0.910. The highest BCUT2D eigenvalue weighted by Gasteiger charge is 2.11. The second kappa shape index (κ2) is 4.99. The van der Waals surface area contributed by atoms with Crippen molar-refractivity contribution in [2.24, 2.45) is 5.92 Å². The van der Waals surface area contributed by atoms with Crippen molar-refractivity contribution in [1.29, 1.82) is 0 Å². The number of hydrogen-bond donors (Lipinski definition) is 1. The van der Waals surface area contributed by atoms with Crippen LogP contribution in [0, 0.1) is 5.92 Å². The van der Waals surface area contributed by atoms with Crippen LogP contribution in [0.2, 0.25) is 0 Å². The molecule has 1 unspecified atom stereocenters. The van der Waals surface area contributed by atoms with Gasteiger partial charge in [0.25, 0.3) is 0 Å². The van der Waals surface area contributed by atoms with Crippen LogP contribution in [0.25, 0.3) is 0 Å². The fraction of sp³-hybridized carbons (Fsp3) is 0.571. The zero-order chi connectivity index (χ0) is 7.98. The molecule has 1 N–H and O–H groups in total. The van der Waals surface area contributed by atoms with Crippen molar-refractivity contribution in [2.75, 3.05) is 13.7 Å². The molecule has 0 saturated carbocycles. The van der Waals surface area contributed by atoms with Gasteiger partial charge in [0.1, 0.15) is 0 Å². The Morgan fingerprint density at radius 1 is 1.90 bits per heavy atom. The van der Waals surface area contributed by atoms with Gasteiger partial charge in [0.05, 0.1) is 5.92 Å². The molecule has 0 aliphatic rings. The summed E-state index contributed by atoms with van der Waals surface area (Å²) in [6, 6.07) is 0. The SMILES string of the molecule is C=CC(CCOC)C(=O)O. The molecule has 0 aromatic rings. The summed E-state index contributed by atoms with van der Waals surface area (Å²) >= 11 is 0. The minimum Gasteiger partial charge on any atom is -0.481 e. The summed E-state index contributed by atoms with van der Waals surface area (Å²) in [5, 5.41) is 8.47. The van der Waals surface area contributed by atoms with E-state index in [-0.39, 0.29) is 0 Å². The van der Waals surface area contributed by atoms with E-state index in [1.54, 1.807) is 7.11 Å². The molecule has 0 amide bonds. The number of carbonyl (C=O) groups is 1. The van der Waals surface area contributed by atoms with E-state index >= 15 is 0 Å². The maximum Gasteiger partial charge on any atom is 0.310 e. The molecule has 0 radical (unpaired) electrons. The lowest BCUT2D eigenvalue weighted by molar-refractivity contribution is -0.140. The number of ether oxygens (including phenoxy) is 1. The van der Waals surface area contributed by atoms with Crippen LogP contribution in [-0.2, 0) is 9.53 Å². The van der Waals surface area contributed by atoms with Gasteiger partial charge in [-0.1, -0.05) is 6.08 Å². The summed E-state index contributed by atoms with van der Waals surface area (Å²) in [6.45, 7) is 3.86. The molecule has 0 fully saturated rings. The maximum absolute atomic E-state index is 10.3. The molecule has 0 saturated heterocycles. The van der Waals surface area contributed by atoms with Crippen molar-refractivity contribution in [3.63, 3.8) is 0 Å². The van der Waals surface area contributed by atoms with Gasteiger partial charge in [-0.25, -0.2) is 0 Å². The summed E-state index contributed by atoms with van der Waals surface area (Å²) in [5.74, 6) is -1.31. The Balaban J connectivity index is 3.60. The van der Waals surface area contributed by atoms with Crippen LogP contribution in [0.3, 0.4) is 0 Å². The number of carboxylic acids is 1. The van der Waals surface area contributed by atoms with E-state index in [9.17, 15) is 4.79 Å². The first-order chi connectivity index (χ1) is 4.72. The highest BCUT2D eigenvalue weighted by Crippen LogP contribution is 2.03. The van der Waals surface area contributed by atoms with Gasteiger partial charge in [0.2, 0.25) is 0 Å². The quantitative estimate of drug-likeness (QED) is 0.583. The topological polar surface area (TPSA) is 46.5 Å². The second-order valence-corrected chi connectivity index (χ2v) is 1.96. The number of hydrogen-bond acceptors (Lipinski definition) is 2. The molecule has 1 atom stereocenters. The lowest BCUT2D eigenvalue weighted by atomic mass is 10.1. The van der Waals surface area contributed by atoms with Gasteiger partial charge in [0.15, 0.2) is 0 Å². The van der Waals surface area contributed by atoms with Crippen molar-refractivity contribution < 1.29 is 14.6 Å². The highest BCUT2D eigenvalue weighted by atomic mass is 16.5. The molecular formula is C7H12O3. The molecule has 3 heteroatoms. The monoisotopic (exact) mass is 144 g/mol. The van der Waals surface area contributed by atoms with Gasteiger partial charge in [-0.3, -0.25) is 4.79 Å². The molecule has 0 aliphatic heterocycles. The van der Waals surface area contributed by atoms with Crippen LogP contribution >= 0.6 is 0 Å². The van der Waals surface area contributed by atoms with E-state index in [1.807, 2.05) is 0 Å². The van der Waals surface area contributed by atoms with Crippen LogP contribution in [0.1, 0.15) is 6.42 Å². The molecule has 0 aromatic heterocycles. The third kappa shape index (κ3) is 3.25. The van der Waals surface area contributed by atoms with Crippen LogP contribution in [0.4, 0.5) is 0 Å². The molecule has 0 rings (SSSR count). The van der Waals surface area contributed by atoms with E-state index in [2.05, 4.69) is 6.58 Å². The average Bonchev–Trinajstić information content (AvgIpc) is 1.89. The molecule has 10 heavy (non-hydrogen) atoms. The fourth-order valence-electron chi connectivity index (χ4n) is 0.587. The summed E-state index contributed by atoms with van der Waals surface area (Å²) in [6.07, 6.45) is 1.91. The smallest absolute Gasteiger partial charge is 0.310 e. The average molecular weight is 144 g/mol. The minimum absolute atomic E-state index is 0.461. The lowest BCUT2D eigenvalue weighted by Gasteiger charge is -2.04. The van der Waals surface area contributed by atoms with Gasteiger partial charge < -0.3 is 9.84 Å². The molecule has 3 nitrogen and oxygen atoms in total. The van der Waals surface area contributed by atoms with Gasteiger partial charge in [-0.05, 0) is 6.42 Å². The second-order valence-electron chi connectivity index (χ2n) is 1.96. The minimum atomic E-state index is -0.841. The molecule has 0 aromatic carbocycles. The van der Waals surface area contributed by atoms with Crippen molar-refractivity contribution in [3.8, 4) is 0 Å². The first-order valence-corrected chi connectivity index (χ1v) is 3.06. The molecule has 0 spiro atoms. The highest BCUT2D eigenvalue weighted by molar-refractivity contribution is 5.71. The Morgan fingerprint density at radius 3 is 2.80 bits per heavy atom. The Kier molecular flexibility index (Phi) is 4.58. The van der Waals surface area contributed by atoms with Crippen LogP contribution in [-0.4, -0.2) is 24.8 Å². The largest absolute Gasteiger partial charge is 0.481 e. The van der Waals surface area contributed by atoms with E-state index in [1.165, 1.54) is 6.08 Å². The van der Waals surface area contributed by atoms with Gasteiger partial charge in [0, 0.05) is 13.7 Å². The molecule has 0 aliphatic carbocycles.